The summed E-state index contributed by atoms with van der Waals surface area (Å²) in [7, 11) is 0. The summed E-state index contributed by atoms with van der Waals surface area (Å²) in [5.41, 5.74) is 6.78. The predicted octanol–water partition coefficient (Wildman–Crippen LogP) is 9.40. The molecule has 0 saturated heterocycles. The van der Waals surface area contributed by atoms with Crippen LogP contribution in [0.25, 0.3) is 76.3 Å². The van der Waals surface area contributed by atoms with Gasteiger partial charge in [0.1, 0.15) is 11.6 Å². The van der Waals surface area contributed by atoms with Gasteiger partial charge in [0.25, 0.3) is 0 Å². The Kier molecular flexibility index (Phi) is 4.66. The van der Waals surface area contributed by atoms with Gasteiger partial charge in [0.05, 0.1) is 22.1 Å². The van der Waals surface area contributed by atoms with Crippen molar-refractivity contribution in [2.75, 3.05) is 0 Å². The van der Waals surface area contributed by atoms with Crippen LogP contribution < -0.4 is 0 Å². The zero-order chi connectivity index (χ0) is 26.2. The van der Waals surface area contributed by atoms with Crippen LogP contribution in [0.5, 0.6) is 0 Å². The van der Waals surface area contributed by atoms with E-state index in [1.807, 2.05) is 0 Å². The van der Waals surface area contributed by atoms with E-state index in [0.717, 1.165) is 40.1 Å². The normalized spacial score (nSPS) is 12.3. The van der Waals surface area contributed by atoms with E-state index in [-0.39, 0.29) is 0 Å². The summed E-state index contributed by atoms with van der Waals surface area (Å²) < 4.78 is 0. The van der Waals surface area contributed by atoms with Crippen molar-refractivity contribution >= 4 is 65.2 Å². The van der Waals surface area contributed by atoms with E-state index in [9.17, 15) is 0 Å². The quantitative estimate of drug-likeness (QED) is 0.235. The highest BCUT2D eigenvalue weighted by atomic mass is 14.9. The Morgan fingerprint density at radius 1 is 0.615 bits per heavy atom. The minimum atomic E-state index is 0.344. The van der Waals surface area contributed by atoms with E-state index in [1.165, 1.54) is 54.2 Å². The molecule has 0 aliphatic heterocycles. The fraction of sp³-hybridized carbons (Fsp3) is 0.143. The highest BCUT2D eigenvalue weighted by Crippen LogP contribution is 2.38. The largest absolute Gasteiger partial charge is 0.342 e. The third-order valence-electron chi connectivity index (χ3n) is 8.21. The van der Waals surface area contributed by atoms with Crippen LogP contribution in [0.4, 0.5) is 0 Å². The Bertz CT molecular complexity index is 2250. The van der Waals surface area contributed by atoms with Crippen LogP contribution in [0.2, 0.25) is 0 Å². The molecular weight excluding hydrogens is 476 g/mol. The molecular formula is C35H28N4. The summed E-state index contributed by atoms with van der Waals surface area (Å²) in [5.74, 6) is 2.41. The van der Waals surface area contributed by atoms with Crippen LogP contribution in [0.3, 0.4) is 0 Å². The van der Waals surface area contributed by atoms with E-state index >= 15 is 0 Å². The molecule has 0 unspecified atom stereocenters. The molecule has 0 fully saturated rings. The van der Waals surface area contributed by atoms with Gasteiger partial charge >= 0.3 is 0 Å². The zero-order valence-corrected chi connectivity index (χ0v) is 22.3. The Morgan fingerprint density at radius 2 is 1.31 bits per heavy atom. The SMILES string of the molecule is CCc1nc2c(ccc3c4ccc(-c5ccc6c(c5)c5ccccc5c5nc(C(C)C)[nH]c65)cc4ccc32)[nH]1. The lowest BCUT2D eigenvalue weighted by atomic mass is 9.94. The summed E-state index contributed by atoms with van der Waals surface area (Å²) >= 11 is 0. The van der Waals surface area contributed by atoms with Gasteiger partial charge in [0.2, 0.25) is 0 Å². The Morgan fingerprint density at radius 3 is 2.13 bits per heavy atom. The highest BCUT2D eigenvalue weighted by Gasteiger charge is 2.15. The summed E-state index contributed by atoms with van der Waals surface area (Å²) in [6.07, 6.45) is 0.902. The first-order valence-electron chi connectivity index (χ1n) is 13.8. The van der Waals surface area contributed by atoms with Crippen molar-refractivity contribution in [1.82, 2.24) is 19.9 Å². The predicted molar refractivity (Wildman–Crippen MR) is 165 cm³/mol. The number of H-pyrrole nitrogens is 2. The topological polar surface area (TPSA) is 57.4 Å². The number of imidazole rings is 2. The molecule has 0 atom stereocenters. The lowest BCUT2D eigenvalue weighted by molar-refractivity contribution is 0.799. The molecule has 0 saturated carbocycles. The number of nitrogens with one attached hydrogen (secondary N) is 2. The van der Waals surface area contributed by atoms with Crippen molar-refractivity contribution in [2.45, 2.75) is 33.1 Å². The number of hydrogen-bond donors (Lipinski definition) is 2. The first-order valence-corrected chi connectivity index (χ1v) is 13.8. The number of aromatic nitrogens is 4. The molecule has 6 aromatic carbocycles. The maximum absolute atomic E-state index is 4.99. The first-order chi connectivity index (χ1) is 19.1. The molecule has 2 heterocycles. The molecule has 0 amide bonds. The number of fused-ring (bicyclic) bond motifs is 11. The summed E-state index contributed by atoms with van der Waals surface area (Å²) in [6, 6.07) is 31.2. The van der Waals surface area contributed by atoms with Crippen molar-refractivity contribution < 1.29 is 0 Å². The smallest absolute Gasteiger partial charge is 0.109 e. The van der Waals surface area contributed by atoms with Crippen LogP contribution >= 0.6 is 0 Å². The summed E-state index contributed by atoms with van der Waals surface area (Å²) in [5, 5.41) is 9.84. The number of nitrogens with zero attached hydrogens (tertiary/aromatic N) is 2. The van der Waals surface area contributed by atoms with Gasteiger partial charge in [-0.05, 0) is 56.3 Å². The van der Waals surface area contributed by atoms with Gasteiger partial charge in [-0.25, -0.2) is 9.97 Å². The first kappa shape index (κ1) is 22.3. The number of aromatic amines is 2. The summed E-state index contributed by atoms with van der Waals surface area (Å²) in [4.78, 5) is 16.9. The Hall–Kier alpha value is -4.70. The van der Waals surface area contributed by atoms with E-state index < -0.39 is 0 Å². The third kappa shape index (κ3) is 3.24. The molecule has 39 heavy (non-hydrogen) atoms. The molecule has 0 bridgehead atoms. The summed E-state index contributed by atoms with van der Waals surface area (Å²) in [6.45, 7) is 6.50. The van der Waals surface area contributed by atoms with E-state index in [4.69, 9.17) is 9.97 Å². The molecule has 4 heteroatoms. The second kappa shape index (κ2) is 8.15. The number of rotatable bonds is 3. The Labute approximate surface area is 225 Å². The van der Waals surface area contributed by atoms with E-state index in [2.05, 4.69) is 116 Å². The second-order valence-corrected chi connectivity index (χ2v) is 10.9. The lowest BCUT2D eigenvalue weighted by Crippen LogP contribution is -1.88. The number of benzene rings is 6. The van der Waals surface area contributed by atoms with Gasteiger partial charge in [0, 0.05) is 28.5 Å². The average Bonchev–Trinajstić information content (AvgIpc) is 3.62. The fourth-order valence-corrected chi connectivity index (χ4v) is 6.16. The number of aryl methyl sites for hydroxylation is 1. The van der Waals surface area contributed by atoms with Gasteiger partial charge in [-0.1, -0.05) is 87.5 Å². The van der Waals surface area contributed by atoms with Crippen LogP contribution in [0.1, 0.15) is 38.3 Å². The van der Waals surface area contributed by atoms with E-state index in [0.29, 0.717) is 5.92 Å². The molecule has 8 aromatic rings. The lowest BCUT2D eigenvalue weighted by Gasteiger charge is -2.11. The average molecular weight is 505 g/mol. The maximum atomic E-state index is 4.99. The van der Waals surface area contributed by atoms with Gasteiger partial charge in [0.15, 0.2) is 0 Å². The standard InChI is InChI=1S/C35H28N4/c1-4-31-36-30-16-15-25-23-12-9-20(17-22(23)11-14-27(25)32(30)37-31)21-10-13-28-29(18-21)24-7-5-6-8-26(24)33-34(28)39-35(38-33)19(2)3/h5-19H,4H2,1-3H3,(H,36,37)(H,38,39). The molecule has 8 rings (SSSR count). The monoisotopic (exact) mass is 504 g/mol. The molecule has 0 radical (unpaired) electrons. The van der Waals surface area contributed by atoms with Crippen molar-refractivity contribution in [3.63, 3.8) is 0 Å². The zero-order valence-electron chi connectivity index (χ0n) is 22.3. The molecule has 2 N–H and O–H groups in total. The minimum absolute atomic E-state index is 0.344. The van der Waals surface area contributed by atoms with Gasteiger partial charge in [-0.2, -0.15) is 0 Å². The second-order valence-electron chi connectivity index (χ2n) is 10.9. The molecule has 2 aromatic heterocycles. The maximum Gasteiger partial charge on any atom is 0.109 e. The van der Waals surface area contributed by atoms with Crippen molar-refractivity contribution in [2.24, 2.45) is 0 Å². The van der Waals surface area contributed by atoms with Crippen LogP contribution in [-0.2, 0) is 6.42 Å². The molecule has 0 spiro atoms. The highest BCUT2D eigenvalue weighted by molar-refractivity contribution is 6.24. The minimum Gasteiger partial charge on any atom is -0.342 e. The van der Waals surface area contributed by atoms with Crippen molar-refractivity contribution in [3.8, 4) is 11.1 Å². The van der Waals surface area contributed by atoms with Gasteiger partial charge in [-0.3, -0.25) is 0 Å². The number of hydrogen-bond acceptors (Lipinski definition) is 2. The van der Waals surface area contributed by atoms with Gasteiger partial charge < -0.3 is 9.97 Å². The van der Waals surface area contributed by atoms with Gasteiger partial charge in [-0.15, -0.1) is 0 Å². The molecule has 4 nitrogen and oxygen atoms in total. The molecule has 0 aliphatic rings. The third-order valence-corrected chi connectivity index (χ3v) is 8.21. The van der Waals surface area contributed by atoms with Crippen LogP contribution in [-0.4, -0.2) is 19.9 Å². The van der Waals surface area contributed by atoms with E-state index in [1.54, 1.807) is 0 Å². The fourth-order valence-electron chi connectivity index (χ4n) is 6.16. The molecule has 0 aliphatic carbocycles. The Balaban J connectivity index is 1.33. The van der Waals surface area contributed by atoms with Crippen LogP contribution in [0, 0.1) is 0 Å². The molecule has 188 valence electrons. The van der Waals surface area contributed by atoms with Crippen molar-refractivity contribution in [1.29, 1.82) is 0 Å². The van der Waals surface area contributed by atoms with Crippen molar-refractivity contribution in [3.05, 3.63) is 96.6 Å². The van der Waals surface area contributed by atoms with Crippen LogP contribution in [0.15, 0.2) is 84.9 Å².